The van der Waals surface area contributed by atoms with Crippen molar-refractivity contribution in [3.05, 3.63) is 332 Å². The first-order chi connectivity index (χ1) is 56.9. The van der Waals surface area contributed by atoms with E-state index in [1.165, 1.54) is 39.5 Å². The largest absolute Gasteiger partial charge is 0.458 e. The van der Waals surface area contributed by atoms with Gasteiger partial charge in [-0.15, -0.1) is 0 Å². The zero-order chi connectivity index (χ0) is 87.8. The maximum atomic E-state index is 11.0. The summed E-state index contributed by atoms with van der Waals surface area (Å²) in [6.07, 6.45) is 4.63. The number of rotatable bonds is 13. The van der Waals surface area contributed by atoms with Crippen LogP contribution in [0.1, 0.15) is 75.8 Å². The molecular weight excluding hydrogens is 1100 g/mol. The fourth-order valence-corrected chi connectivity index (χ4v) is 14.9. The highest BCUT2D eigenvalue weighted by Crippen LogP contribution is 2.39. The maximum absolute atomic E-state index is 11.0. The number of hydrogen-bond donors (Lipinski definition) is 0. The molecule has 0 amide bonds. The summed E-state index contributed by atoms with van der Waals surface area (Å²) in [5, 5.41) is -2.80. The lowest BCUT2D eigenvalue weighted by Gasteiger charge is -2.34. The van der Waals surface area contributed by atoms with Gasteiger partial charge in [-0.1, -0.05) is 275 Å². The first-order valence-electron chi connectivity index (χ1n) is 44.0. The molecule has 89 heavy (non-hydrogen) atoms. The number of pyridine rings is 1. The van der Waals surface area contributed by atoms with Gasteiger partial charge in [-0.2, -0.15) is 0 Å². The van der Waals surface area contributed by atoms with Crippen LogP contribution in [0.5, 0.6) is 11.5 Å². The first kappa shape index (κ1) is 30.1. The second kappa shape index (κ2) is 22.7. The third kappa shape index (κ3) is 9.94. The molecule has 5 nitrogen and oxygen atoms in total. The number of para-hydroxylation sites is 2. The van der Waals surface area contributed by atoms with Crippen molar-refractivity contribution in [2.75, 3.05) is 0 Å². The van der Waals surface area contributed by atoms with E-state index in [2.05, 4.69) is 6.33 Å². The molecule has 0 spiro atoms. The predicted octanol–water partition coefficient (Wildman–Crippen LogP) is 17.6. The van der Waals surface area contributed by atoms with Crippen LogP contribution >= 0.6 is 0 Å². The maximum Gasteiger partial charge on any atom is 0.269 e. The van der Waals surface area contributed by atoms with E-state index in [4.69, 9.17) is 28.9 Å². The van der Waals surface area contributed by atoms with Crippen molar-refractivity contribution in [1.29, 1.82) is 0 Å². The fourth-order valence-electron chi connectivity index (χ4n) is 11.4. The molecule has 6 heteroatoms. The zero-order valence-electron chi connectivity index (χ0n) is 79.5. The van der Waals surface area contributed by atoms with Gasteiger partial charge in [0.1, 0.15) is 17.3 Å². The summed E-state index contributed by atoms with van der Waals surface area (Å²) in [5.74, 6) is 0.433. The average Bonchev–Trinajstić information content (AvgIpc) is 1.66. The second-order valence-electron chi connectivity index (χ2n) is 21.7. The summed E-state index contributed by atoms with van der Waals surface area (Å²) in [6.45, 7) is 2.98. The van der Waals surface area contributed by atoms with E-state index in [-0.39, 0.29) is 78.7 Å². The van der Waals surface area contributed by atoms with Gasteiger partial charge in [-0.25, -0.2) is 4.98 Å². The fraction of sp³-hybridized carbons (Fsp3) is 0.0602. The molecule has 3 heterocycles. The highest BCUT2D eigenvalue weighted by atomic mass is 28.3. The Labute approximate surface area is 566 Å². The normalized spacial score (nSPS) is 17.0. The van der Waals surface area contributed by atoms with Crippen molar-refractivity contribution in [3.63, 3.8) is 0 Å². The number of aryl methyl sites for hydroxylation is 1. The Balaban J connectivity index is 1.02. The molecule has 3 aromatic heterocycles. The standard InChI is InChI=1S/C83H64N4OSi/c1-58-50-81(84-56-76(58)60-28-12-6-13-29-60)87-77-45-21-20-42-74(77)75-48-47-67(55-79(75)87)88-66-34-24-33-65(54-66)85-57-86(78-49-46-61(53-80(78)85)59-26-10-5-11-27-59)82-72(62-30-22-32-64(51-62)83(2,3)4)43-25-44-73(82)63-31-23-41-71(52-63)89(68-35-14-7-15-36-68,69-37-16-8-17-38-69)70-39-18-9-19-40-70/h5-56H,1-4H3/i1D3,5D,6D,7D,8D,9D,10D,11D,12D,13D,14D,15D,16D,17D,18D,19D,23D,26D,27D,28D,29D,31D,35D,36D,37D,38D,39D,40D,41D,52D. The van der Waals surface area contributed by atoms with Gasteiger partial charge in [0.2, 0.25) is 0 Å². The summed E-state index contributed by atoms with van der Waals surface area (Å²) in [4.78, 5) is 4.71. The van der Waals surface area contributed by atoms with Gasteiger partial charge in [0, 0.05) is 32.7 Å². The SMILES string of the molecule is [2H]c1c([2H])c([2H])c(-c2ccc3c(c2)n(-c2cccc(Oc4ccc5c6ccccc6n(-c6cc(C([2H])([2H])[2H])c(-c7c([2H])c([2H])c([2H])c([2H])c7[2H])cn6)c5c4)c2)[c-][n+]3-c2c(-c3cccc(C(C)(C)C)c3)cccc2-c2c([2H])c([2H])c([2H])c([Si](c3c([2H])c([2H])c([2H])c([2H])c3[2H])(c3c([2H])c([2H])c([2H])c([2H])c3[2H])c3c([2H])c([2H])c([2H])c([2H])c3[2H])c2[2H])c([2H])c1[2H]. The molecule has 0 atom stereocenters. The van der Waals surface area contributed by atoms with E-state index in [1.807, 2.05) is 45.0 Å². The molecule has 12 aromatic carbocycles. The predicted molar refractivity (Wildman–Crippen MR) is 371 cm³/mol. The highest BCUT2D eigenvalue weighted by Gasteiger charge is 2.41. The molecule has 0 aliphatic rings. The molecule has 0 aliphatic heterocycles. The van der Waals surface area contributed by atoms with Crippen LogP contribution in [0.25, 0.3) is 94.5 Å². The third-order valence-corrected chi connectivity index (χ3v) is 19.5. The lowest BCUT2D eigenvalue weighted by Crippen LogP contribution is -2.74. The van der Waals surface area contributed by atoms with Crippen LogP contribution in [0.2, 0.25) is 0 Å². The van der Waals surface area contributed by atoms with E-state index in [9.17, 15) is 24.7 Å². The minimum absolute atomic E-state index is 0.0149. The molecule has 0 N–H and O–H groups in total. The summed E-state index contributed by atoms with van der Waals surface area (Å²) < 4.78 is 307. The first-order valence-corrected chi connectivity index (χ1v) is 30.0. The highest BCUT2D eigenvalue weighted by molar-refractivity contribution is 7.19. The van der Waals surface area contributed by atoms with E-state index in [0.29, 0.717) is 27.4 Å². The van der Waals surface area contributed by atoms with Crippen LogP contribution in [0, 0.1) is 13.2 Å². The lowest BCUT2D eigenvalue weighted by molar-refractivity contribution is -0.571. The molecular formula is C83H64N4OSi. The minimum atomic E-state index is -6.40. The number of aromatic nitrogens is 4. The van der Waals surface area contributed by atoms with Crippen molar-refractivity contribution in [2.24, 2.45) is 0 Å². The van der Waals surface area contributed by atoms with Crippen LogP contribution in [0.3, 0.4) is 0 Å². The van der Waals surface area contributed by atoms with E-state index < -0.39 is 222 Å². The van der Waals surface area contributed by atoms with Gasteiger partial charge >= 0.3 is 0 Å². The number of imidazole rings is 1. The number of hydrogen-bond acceptors (Lipinski definition) is 2. The molecule has 0 aliphatic carbocycles. The van der Waals surface area contributed by atoms with E-state index in [0.717, 1.165) is 11.8 Å². The van der Waals surface area contributed by atoms with Crippen LogP contribution in [-0.2, 0) is 5.41 Å². The Morgan fingerprint density at radius 1 is 0.472 bits per heavy atom. The Morgan fingerprint density at radius 2 is 1.08 bits per heavy atom. The van der Waals surface area contributed by atoms with Gasteiger partial charge < -0.3 is 4.74 Å². The smallest absolute Gasteiger partial charge is 0.269 e. The Hall–Kier alpha value is -10.9. The van der Waals surface area contributed by atoms with Crippen molar-refractivity contribution in [2.45, 2.75) is 33.0 Å². The zero-order valence-corrected chi connectivity index (χ0v) is 48.5. The Morgan fingerprint density at radius 3 is 1.78 bits per heavy atom. The molecule has 15 rings (SSSR count). The van der Waals surface area contributed by atoms with Gasteiger partial charge in [-0.3, -0.25) is 13.7 Å². The topological polar surface area (TPSA) is 35.9 Å². The number of ether oxygens (including phenoxy) is 1. The van der Waals surface area contributed by atoms with Crippen molar-refractivity contribution >= 4 is 61.7 Å². The van der Waals surface area contributed by atoms with E-state index in [1.54, 1.807) is 83.4 Å². The summed E-state index contributed by atoms with van der Waals surface area (Å²) in [5.41, 5.74) is 0.605. The molecule has 0 radical (unpaired) electrons. The number of benzene rings is 12. The van der Waals surface area contributed by atoms with Crippen LogP contribution in [0.15, 0.2) is 315 Å². The lowest BCUT2D eigenvalue weighted by atomic mass is 9.85. The molecule has 426 valence electrons. The molecule has 15 aromatic rings. The molecule has 0 bridgehead atoms. The van der Waals surface area contributed by atoms with Crippen molar-refractivity contribution < 1.29 is 53.2 Å². The van der Waals surface area contributed by atoms with Crippen LogP contribution in [-0.4, -0.2) is 22.2 Å². The van der Waals surface area contributed by atoms with Gasteiger partial charge in [0.25, 0.3) is 6.33 Å². The molecule has 0 saturated heterocycles. The van der Waals surface area contributed by atoms with Gasteiger partial charge in [0.05, 0.1) is 73.2 Å². The number of fused-ring (bicyclic) bond motifs is 4. The van der Waals surface area contributed by atoms with Gasteiger partial charge in [0.15, 0.2) is 8.07 Å². The molecule has 0 fully saturated rings. The monoisotopic (exact) mass is 1190 g/mol. The minimum Gasteiger partial charge on any atom is -0.458 e. The summed E-state index contributed by atoms with van der Waals surface area (Å²) in [6, 6.07) is 8.77. The summed E-state index contributed by atoms with van der Waals surface area (Å²) >= 11 is 0. The molecule has 0 unspecified atom stereocenters. The second-order valence-corrected chi connectivity index (χ2v) is 25.2. The number of nitrogens with zero attached hydrogens (tertiary/aromatic N) is 4. The Kier molecular flexibility index (Phi) is 7.70. The quantitative estimate of drug-likeness (QED) is 0.0499. The van der Waals surface area contributed by atoms with E-state index >= 15 is 0 Å². The Bertz CT molecular complexity index is 6740. The van der Waals surface area contributed by atoms with Crippen molar-refractivity contribution in [1.82, 2.24) is 14.1 Å². The van der Waals surface area contributed by atoms with Crippen LogP contribution in [0.4, 0.5) is 0 Å². The average molecular weight is 1190 g/mol. The third-order valence-electron chi connectivity index (χ3n) is 15.5. The summed E-state index contributed by atoms with van der Waals surface area (Å²) in [7, 11) is -6.40. The molecule has 0 saturated carbocycles. The van der Waals surface area contributed by atoms with Gasteiger partial charge in [-0.05, 0) is 132 Å². The van der Waals surface area contributed by atoms with Crippen molar-refractivity contribution in [3.8, 4) is 73.2 Å². The van der Waals surface area contributed by atoms with Crippen LogP contribution < -0.4 is 30.1 Å².